The molecule has 0 radical (unpaired) electrons. The van der Waals surface area contributed by atoms with Gasteiger partial charge in [-0.25, -0.2) is 4.79 Å². The molecule has 1 saturated heterocycles. The number of benzene rings is 2. The summed E-state index contributed by atoms with van der Waals surface area (Å²) >= 11 is 0. The Morgan fingerprint density at radius 2 is 1.71 bits per heavy atom. The Balaban J connectivity index is 1.63. The quantitative estimate of drug-likeness (QED) is 0.244. The lowest BCUT2D eigenvalue weighted by atomic mass is 10.0. The number of anilines is 1. The number of unbranched alkanes of at least 4 members (excludes halogenated alkanes) is 1. The molecule has 7 nitrogen and oxygen atoms in total. The van der Waals surface area contributed by atoms with E-state index in [4.69, 9.17) is 4.74 Å². The minimum Gasteiger partial charge on any atom is -0.454 e. The average Bonchev–Trinajstić information content (AvgIpc) is 2.81. The maximum Gasteiger partial charge on any atom is 0.338 e. The third-order valence-corrected chi connectivity index (χ3v) is 5.53. The summed E-state index contributed by atoms with van der Waals surface area (Å²) in [4.78, 5) is 37.8. The van der Waals surface area contributed by atoms with Crippen LogP contribution in [0, 0.1) is 10.1 Å². The Bertz CT molecular complexity index is 933. The van der Waals surface area contributed by atoms with Crippen LogP contribution in [0.15, 0.2) is 42.5 Å². The van der Waals surface area contributed by atoms with Crippen LogP contribution in [0.25, 0.3) is 0 Å². The minimum atomic E-state index is -0.749. The largest absolute Gasteiger partial charge is 0.454 e. The van der Waals surface area contributed by atoms with E-state index in [9.17, 15) is 19.7 Å². The number of ketones is 1. The summed E-state index contributed by atoms with van der Waals surface area (Å²) in [5.74, 6) is -1.06. The van der Waals surface area contributed by atoms with Crippen LogP contribution < -0.4 is 4.90 Å². The Hall–Kier alpha value is -3.22. The van der Waals surface area contributed by atoms with Gasteiger partial charge in [-0.2, -0.15) is 0 Å². The van der Waals surface area contributed by atoms with Gasteiger partial charge in [0.05, 0.1) is 10.5 Å². The van der Waals surface area contributed by atoms with Gasteiger partial charge in [0.2, 0.25) is 0 Å². The molecule has 0 atom stereocenters. The minimum absolute atomic E-state index is 0.0650. The molecule has 164 valence electrons. The van der Waals surface area contributed by atoms with E-state index in [1.165, 1.54) is 12.1 Å². The number of nitro groups is 1. The number of carbonyl (C=O) groups is 2. The van der Waals surface area contributed by atoms with Crippen molar-refractivity contribution in [3.63, 3.8) is 0 Å². The zero-order valence-electron chi connectivity index (χ0n) is 17.8. The Morgan fingerprint density at radius 1 is 1.03 bits per heavy atom. The first-order chi connectivity index (χ1) is 15.0. The molecule has 0 saturated carbocycles. The first-order valence-corrected chi connectivity index (χ1v) is 10.8. The number of esters is 1. The van der Waals surface area contributed by atoms with Gasteiger partial charge in [-0.15, -0.1) is 0 Å². The van der Waals surface area contributed by atoms with E-state index in [2.05, 4.69) is 6.92 Å². The average molecular weight is 424 g/mol. The second-order valence-corrected chi connectivity index (χ2v) is 7.81. The predicted octanol–water partition coefficient (Wildman–Crippen LogP) is 4.97. The molecule has 0 aliphatic carbocycles. The highest BCUT2D eigenvalue weighted by Crippen LogP contribution is 2.31. The molecule has 0 amide bonds. The monoisotopic (exact) mass is 424 g/mol. The normalized spacial score (nSPS) is 13.6. The molecule has 1 aliphatic rings. The number of hydrogen-bond donors (Lipinski definition) is 0. The maximum absolute atomic E-state index is 12.4. The van der Waals surface area contributed by atoms with Gasteiger partial charge in [-0.05, 0) is 49.8 Å². The molecular formula is C24H28N2O5. The van der Waals surface area contributed by atoms with Crippen molar-refractivity contribution in [3.8, 4) is 0 Å². The van der Waals surface area contributed by atoms with Crippen LogP contribution in [-0.2, 0) is 11.2 Å². The van der Waals surface area contributed by atoms with Crippen molar-refractivity contribution in [2.45, 2.75) is 45.4 Å². The van der Waals surface area contributed by atoms with E-state index in [0.717, 1.165) is 57.2 Å². The van der Waals surface area contributed by atoms with Crippen molar-refractivity contribution in [3.05, 3.63) is 69.3 Å². The van der Waals surface area contributed by atoms with Gasteiger partial charge < -0.3 is 9.64 Å². The van der Waals surface area contributed by atoms with E-state index in [-0.39, 0.29) is 17.0 Å². The van der Waals surface area contributed by atoms with Crippen LogP contribution >= 0.6 is 0 Å². The lowest BCUT2D eigenvalue weighted by Crippen LogP contribution is -2.30. The van der Waals surface area contributed by atoms with Crippen LogP contribution in [0.2, 0.25) is 0 Å². The van der Waals surface area contributed by atoms with Gasteiger partial charge in [0.15, 0.2) is 12.4 Å². The molecule has 3 rings (SSSR count). The zero-order valence-corrected chi connectivity index (χ0v) is 17.8. The van der Waals surface area contributed by atoms with Crippen molar-refractivity contribution in [1.82, 2.24) is 0 Å². The third-order valence-electron chi connectivity index (χ3n) is 5.53. The number of nitrogens with zero attached hydrogens (tertiary/aromatic N) is 2. The summed E-state index contributed by atoms with van der Waals surface area (Å²) < 4.78 is 5.13. The molecular weight excluding hydrogens is 396 g/mol. The third kappa shape index (κ3) is 5.90. The lowest BCUT2D eigenvalue weighted by molar-refractivity contribution is -0.384. The Kier molecular flexibility index (Phi) is 7.76. The van der Waals surface area contributed by atoms with E-state index in [1.54, 1.807) is 18.2 Å². The Labute approximate surface area is 182 Å². The summed E-state index contributed by atoms with van der Waals surface area (Å²) in [6.07, 6.45) is 6.25. The second-order valence-electron chi connectivity index (χ2n) is 7.81. The fourth-order valence-corrected chi connectivity index (χ4v) is 3.73. The summed E-state index contributed by atoms with van der Waals surface area (Å²) in [6.45, 7) is 3.24. The number of nitro benzene ring substituents is 1. The summed E-state index contributed by atoms with van der Waals surface area (Å²) in [7, 11) is 0. The van der Waals surface area contributed by atoms with Gasteiger partial charge in [0.1, 0.15) is 5.69 Å². The molecule has 1 aliphatic heterocycles. The second kappa shape index (κ2) is 10.7. The number of ether oxygens (including phenoxy) is 1. The molecule has 2 aromatic rings. The zero-order chi connectivity index (χ0) is 22.2. The van der Waals surface area contributed by atoms with Crippen molar-refractivity contribution in [2.24, 2.45) is 0 Å². The van der Waals surface area contributed by atoms with Gasteiger partial charge in [-0.3, -0.25) is 14.9 Å². The number of Topliss-reactive ketones (excluding diaryl/α,β-unsaturated/α-hetero) is 1. The Morgan fingerprint density at radius 3 is 2.35 bits per heavy atom. The van der Waals surface area contributed by atoms with E-state index in [0.29, 0.717) is 11.3 Å². The SMILES string of the molecule is CCCCc1ccc(C(=O)COC(=O)c2ccc(N3CCCCC3)c([N+](=O)[O-])c2)cc1. The molecule has 31 heavy (non-hydrogen) atoms. The highest BCUT2D eigenvalue weighted by molar-refractivity contribution is 5.99. The topological polar surface area (TPSA) is 89.8 Å². The predicted molar refractivity (Wildman–Crippen MR) is 119 cm³/mol. The first kappa shape index (κ1) is 22.5. The van der Waals surface area contributed by atoms with Gasteiger partial charge in [-0.1, -0.05) is 37.6 Å². The number of aryl methyl sites for hydroxylation is 1. The van der Waals surface area contributed by atoms with Crippen LogP contribution in [0.5, 0.6) is 0 Å². The molecule has 0 spiro atoms. The summed E-state index contributed by atoms with van der Waals surface area (Å²) in [6, 6.07) is 11.6. The van der Waals surface area contributed by atoms with Gasteiger partial charge in [0.25, 0.3) is 5.69 Å². The van der Waals surface area contributed by atoms with Crippen LogP contribution in [0.1, 0.15) is 65.3 Å². The number of rotatable bonds is 9. The fraction of sp³-hybridized carbons (Fsp3) is 0.417. The number of piperidine rings is 1. The molecule has 0 bridgehead atoms. The van der Waals surface area contributed by atoms with Crippen molar-refractivity contribution < 1.29 is 19.2 Å². The van der Waals surface area contributed by atoms with Gasteiger partial charge in [0, 0.05) is 24.7 Å². The number of carbonyl (C=O) groups excluding carboxylic acids is 2. The van der Waals surface area contributed by atoms with Crippen LogP contribution in [-0.4, -0.2) is 36.4 Å². The van der Waals surface area contributed by atoms with Crippen molar-refractivity contribution in [2.75, 3.05) is 24.6 Å². The highest BCUT2D eigenvalue weighted by atomic mass is 16.6. The first-order valence-electron chi connectivity index (χ1n) is 10.8. The molecule has 7 heteroatoms. The van der Waals surface area contributed by atoms with E-state index < -0.39 is 17.5 Å². The summed E-state index contributed by atoms with van der Waals surface area (Å²) in [5, 5.41) is 11.6. The maximum atomic E-state index is 12.4. The molecule has 0 unspecified atom stereocenters. The van der Waals surface area contributed by atoms with Gasteiger partial charge >= 0.3 is 5.97 Å². The van der Waals surface area contributed by atoms with Crippen molar-refractivity contribution >= 4 is 23.1 Å². The lowest BCUT2D eigenvalue weighted by Gasteiger charge is -2.28. The number of hydrogen-bond acceptors (Lipinski definition) is 6. The molecule has 1 fully saturated rings. The fourth-order valence-electron chi connectivity index (χ4n) is 3.73. The molecule has 0 N–H and O–H groups in total. The van der Waals surface area contributed by atoms with E-state index >= 15 is 0 Å². The molecule has 0 aromatic heterocycles. The standard InChI is InChI=1S/C24H28N2O5/c1-2-3-7-18-8-10-19(11-9-18)23(27)17-31-24(28)20-12-13-21(22(16-20)26(29)30)25-14-5-4-6-15-25/h8-13,16H,2-7,14-15,17H2,1H3. The van der Waals surface area contributed by atoms with Crippen molar-refractivity contribution in [1.29, 1.82) is 0 Å². The van der Waals surface area contributed by atoms with E-state index in [1.807, 2.05) is 17.0 Å². The molecule has 2 aromatic carbocycles. The summed E-state index contributed by atoms with van der Waals surface area (Å²) in [5.41, 5.74) is 2.09. The molecule has 1 heterocycles. The highest BCUT2D eigenvalue weighted by Gasteiger charge is 2.24. The smallest absolute Gasteiger partial charge is 0.338 e. The van der Waals surface area contributed by atoms with Crippen LogP contribution in [0.3, 0.4) is 0 Å². The van der Waals surface area contributed by atoms with Crippen LogP contribution in [0.4, 0.5) is 11.4 Å².